The maximum atomic E-state index is 12.4. The molecule has 0 unspecified atom stereocenters. The fourth-order valence-electron chi connectivity index (χ4n) is 2.33. The number of benzene rings is 1. The summed E-state index contributed by atoms with van der Waals surface area (Å²) in [6, 6.07) is 6.15. The Hall–Kier alpha value is -1.06. The van der Waals surface area contributed by atoms with Crippen molar-refractivity contribution in [3.63, 3.8) is 0 Å². The van der Waals surface area contributed by atoms with Gasteiger partial charge in [-0.05, 0) is 38.3 Å². The van der Waals surface area contributed by atoms with E-state index in [2.05, 4.69) is 0 Å². The maximum Gasteiger partial charge on any atom is 0.254 e. The molecule has 0 spiro atoms. The molecule has 1 amide bonds. The molecular formula is C14H21ClN2O. The lowest BCUT2D eigenvalue weighted by Gasteiger charge is -2.31. The molecule has 2 rings (SSSR count). The standard InChI is InChI=1S/C14H20N2O.ClH/c1-10-5-6-11(2)13(8-10)14(17)16-7-3-4-12(15)9-16;/h5-6,8,12H,3-4,7,9,15H2,1-2H3;1H/t12-;/m1./s1. The summed E-state index contributed by atoms with van der Waals surface area (Å²) in [6.07, 6.45) is 2.04. The van der Waals surface area contributed by atoms with E-state index in [1.165, 1.54) is 0 Å². The number of hydrogen-bond donors (Lipinski definition) is 1. The van der Waals surface area contributed by atoms with Crippen molar-refractivity contribution in [1.29, 1.82) is 0 Å². The van der Waals surface area contributed by atoms with Gasteiger partial charge in [0.15, 0.2) is 0 Å². The highest BCUT2D eigenvalue weighted by Gasteiger charge is 2.23. The van der Waals surface area contributed by atoms with Gasteiger partial charge < -0.3 is 10.6 Å². The van der Waals surface area contributed by atoms with Crippen LogP contribution in [0.5, 0.6) is 0 Å². The van der Waals surface area contributed by atoms with Crippen molar-refractivity contribution in [1.82, 2.24) is 4.90 Å². The molecule has 1 aromatic rings. The minimum absolute atomic E-state index is 0. The Kier molecular flexibility index (Phi) is 5.17. The Morgan fingerprint density at radius 3 is 2.78 bits per heavy atom. The second-order valence-electron chi connectivity index (χ2n) is 4.97. The Labute approximate surface area is 115 Å². The van der Waals surface area contributed by atoms with E-state index in [4.69, 9.17) is 5.73 Å². The van der Waals surface area contributed by atoms with Crippen molar-refractivity contribution in [3.8, 4) is 0 Å². The molecule has 0 saturated carbocycles. The van der Waals surface area contributed by atoms with Gasteiger partial charge in [-0.25, -0.2) is 0 Å². The van der Waals surface area contributed by atoms with Crippen molar-refractivity contribution in [2.24, 2.45) is 5.73 Å². The SMILES string of the molecule is Cc1ccc(C)c(C(=O)N2CCC[C@@H](N)C2)c1.Cl. The summed E-state index contributed by atoms with van der Waals surface area (Å²) >= 11 is 0. The van der Waals surface area contributed by atoms with E-state index in [0.29, 0.717) is 6.54 Å². The Morgan fingerprint density at radius 2 is 2.11 bits per heavy atom. The zero-order valence-electron chi connectivity index (χ0n) is 11.0. The van der Waals surface area contributed by atoms with E-state index in [9.17, 15) is 4.79 Å². The third-order valence-electron chi connectivity index (χ3n) is 3.37. The van der Waals surface area contributed by atoms with Gasteiger partial charge in [0.05, 0.1) is 0 Å². The molecular weight excluding hydrogens is 248 g/mol. The highest BCUT2D eigenvalue weighted by molar-refractivity contribution is 5.95. The number of hydrogen-bond acceptors (Lipinski definition) is 2. The van der Waals surface area contributed by atoms with Crippen LogP contribution in [0.1, 0.15) is 34.3 Å². The number of carbonyl (C=O) groups excluding carboxylic acids is 1. The molecule has 1 heterocycles. The smallest absolute Gasteiger partial charge is 0.254 e. The van der Waals surface area contributed by atoms with Crippen molar-refractivity contribution in [2.45, 2.75) is 32.7 Å². The van der Waals surface area contributed by atoms with E-state index in [-0.39, 0.29) is 24.4 Å². The van der Waals surface area contributed by atoms with Gasteiger partial charge in [-0.3, -0.25) is 4.79 Å². The van der Waals surface area contributed by atoms with Crippen LogP contribution in [0.4, 0.5) is 0 Å². The molecule has 1 aromatic carbocycles. The van der Waals surface area contributed by atoms with Crippen LogP contribution in [0, 0.1) is 13.8 Å². The van der Waals surface area contributed by atoms with Crippen LogP contribution in [-0.4, -0.2) is 29.9 Å². The average Bonchev–Trinajstić information content (AvgIpc) is 2.31. The van der Waals surface area contributed by atoms with Crippen LogP contribution in [0.25, 0.3) is 0 Å². The summed E-state index contributed by atoms with van der Waals surface area (Å²) in [5.41, 5.74) is 8.90. The van der Waals surface area contributed by atoms with E-state index < -0.39 is 0 Å². The van der Waals surface area contributed by atoms with Crippen molar-refractivity contribution < 1.29 is 4.79 Å². The van der Waals surface area contributed by atoms with Gasteiger partial charge in [0, 0.05) is 24.7 Å². The lowest BCUT2D eigenvalue weighted by atomic mass is 10.0. The lowest BCUT2D eigenvalue weighted by molar-refractivity contribution is 0.0708. The minimum atomic E-state index is 0. The maximum absolute atomic E-state index is 12.4. The minimum Gasteiger partial charge on any atom is -0.337 e. The van der Waals surface area contributed by atoms with Crippen LogP contribution in [-0.2, 0) is 0 Å². The summed E-state index contributed by atoms with van der Waals surface area (Å²) in [7, 11) is 0. The lowest BCUT2D eigenvalue weighted by Crippen LogP contribution is -2.45. The van der Waals surface area contributed by atoms with Gasteiger partial charge in [-0.2, -0.15) is 0 Å². The molecule has 0 radical (unpaired) electrons. The predicted molar refractivity (Wildman–Crippen MR) is 76.3 cm³/mol. The highest BCUT2D eigenvalue weighted by atomic mass is 35.5. The Balaban J connectivity index is 0.00000162. The molecule has 4 heteroatoms. The number of rotatable bonds is 1. The zero-order valence-corrected chi connectivity index (χ0v) is 11.8. The number of piperidine rings is 1. The third kappa shape index (κ3) is 3.24. The van der Waals surface area contributed by atoms with Crippen molar-refractivity contribution in [2.75, 3.05) is 13.1 Å². The molecule has 1 fully saturated rings. The van der Waals surface area contributed by atoms with Gasteiger partial charge >= 0.3 is 0 Å². The Morgan fingerprint density at radius 1 is 1.39 bits per heavy atom. The summed E-state index contributed by atoms with van der Waals surface area (Å²) in [5.74, 6) is 0.126. The molecule has 1 aliphatic rings. The number of amides is 1. The van der Waals surface area contributed by atoms with E-state index in [1.54, 1.807) is 0 Å². The fraction of sp³-hybridized carbons (Fsp3) is 0.500. The van der Waals surface area contributed by atoms with Crippen molar-refractivity contribution in [3.05, 3.63) is 34.9 Å². The van der Waals surface area contributed by atoms with Gasteiger partial charge in [-0.15, -0.1) is 12.4 Å². The molecule has 0 aliphatic carbocycles. The first-order chi connectivity index (χ1) is 8.08. The number of carbonyl (C=O) groups is 1. The van der Waals surface area contributed by atoms with Crippen LogP contribution < -0.4 is 5.73 Å². The van der Waals surface area contributed by atoms with Gasteiger partial charge in [-0.1, -0.05) is 17.7 Å². The first kappa shape index (κ1) is 15.0. The van der Waals surface area contributed by atoms with E-state index >= 15 is 0 Å². The number of nitrogens with two attached hydrogens (primary N) is 1. The van der Waals surface area contributed by atoms with Crippen molar-refractivity contribution >= 4 is 18.3 Å². The summed E-state index contributed by atoms with van der Waals surface area (Å²) in [4.78, 5) is 14.3. The quantitative estimate of drug-likeness (QED) is 0.849. The highest BCUT2D eigenvalue weighted by Crippen LogP contribution is 2.16. The van der Waals surface area contributed by atoms with Crippen LogP contribution in [0.3, 0.4) is 0 Å². The molecule has 1 aliphatic heterocycles. The molecule has 1 atom stereocenters. The van der Waals surface area contributed by atoms with Gasteiger partial charge in [0.25, 0.3) is 5.91 Å². The average molecular weight is 269 g/mol. The normalized spacial score (nSPS) is 19.3. The van der Waals surface area contributed by atoms with E-state index in [1.807, 2.05) is 36.9 Å². The number of aryl methyl sites for hydroxylation is 2. The zero-order chi connectivity index (χ0) is 12.4. The first-order valence-corrected chi connectivity index (χ1v) is 6.20. The molecule has 3 nitrogen and oxygen atoms in total. The van der Waals surface area contributed by atoms with Crippen LogP contribution in [0.2, 0.25) is 0 Å². The topological polar surface area (TPSA) is 46.3 Å². The number of nitrogens with zero attached hydrogens (tertiary/aromatic N) is 1. The monoisotopic (exact) mass is 268 g/mol. The third-order valence-corrected chi connectivity index (χ3v) is 3.37. The molecule has 2 N–H and O–H groups in total. The summed E-state index contributed by atoms with van der Waals surface area (Å²) in [6.45, 7) is 5.51. The fourth-order valence-corrected chi connectivity index (χ4v) is 2.33. The number of likely N-dealkylation sites (tertiary alicyclic amines) is 1. The van der Waals surface area contributed by atoms with E-state index in [0.717, 1.165) is 36.1 Å². The molecule has 0 bridgehead atoms. The largest absolute Gasteiger partial charge is 0.337 e. The second-order valence-corrected chi connectivity index (χ2v) is 4.97. The molecule has 100 valence electrons. The van der Waals surface area contributed by atoms with Gasteiger partial charge in [0.1, 0.15) is 0 Å². The summed E-state index contributed by atoms with van der Waals surface area (Å²) < 4.78 is 0. The predicted octanol–water partition coefficient (Wildman–Crippen LogP) is 2.29. The molecule has 18 heavy (non-hydrogen) atoms. The van der Waals surface area contributed by atoms with Gasteiger partial charge in [0.2, 0.25) is 0 Å². The molecule has 0 aromatic heterocycles. The van der Waals surface area contributed by atoms with Crippen LogP contribution in [0.15, 0.2) is 18.2 Å². The Bertz CT molecular complexity index is 434. The molecule has 1 saturated heterocycles. The number of halogens is 1. The second kappa shape index (κ2) is 6.21. The van der Waals surface area contributed by atoms with Crippen LogP contribution >= 0.6 is 12.4 Å². The summed E-state index contributed by atoms with van der Waals surface area (Å²) in [5, 5.41) is 0. The first-order valence-electron chi connectivity index (χ1n) is 6.20.